The van der Waals surface area contributed by atoms with Crippen molar-refractivity contribution in [2.45, 2.75) is 32.4 Å². The number of carbonyl (C=O) groups excluding carboxylic acids is 1. The second-order valence-corrected chi connectivity index (χ2v) is 5.55. The Morgan fingerprint density at radius 1 is 1.33 bits per heavy atom. The molecule has 4 nitrogen and oxygen atoms in total. The molecule has 1 amide bonds. The van der Waals surface area contributed by atoms with Gasteiger partial charge in [0.2, 0.25) is 5.91 Å². The van der Waals surface area contributed by atoms with Crippen molar-refractivity contribution in [1.82, 2.24) is 4.90 Å². The summed E-state index contributed by atoms with van der Waals surface area (Å²) in [5.74, 6) is 5.49. The summed E-state index contributed by atoms with van der Waals surface area (Å²) in [5.41, 5.74) is 1.44. The zero-order valence-electron chi connectivity index (χ0n) is 13.1. The molecule has 0 heterocycles. The fraction of sp³-hybridized carbons (Fsp3) is 0.471. The Labute approximate surface area is 126 Å². The number of benzene rings is 1. The van der Waals surface area contributed by atoms with Crippen LogP contribution in [0.4, 0.5) is 0 Å². The summed E-state index contributed by atoms with van der Waals surface area (Å²) >= 11 is 0. The Bertz CT molecular complexity index is 523. The highest BCUT2D eigenvalue weighted by Crippen LogP contribution is 2.15. The van der Waals surface area contributed by atoms with Gasteiger partial charge in [0.1, 0.15) is 6.61 Å². The average molecular weight is 289 g/mol. The molecule has 0 aromatic heterocycles. The molecule has 0 fully saturated rings. The molecule has 4 heteroatoms. The topological polar surface area (TPSA) is 49.8 Å². The molecule has 0 aliphatic rings. The first kappa shape index (κ1) is 17.2. The van der Waals surface area contributed by atoms with E-state index in [2.05, 4.69) is 11.8 Å². The second kappa shape index (κ2) is 7.82. The summed E-state index contributed by atoms with van der Waals surface area (Å²) in [7, 11) is 3.40. The Balaban J connectivity index is 2.62. The first-order valence-electron chi connectivity index (χ1n) is 6.86. The van der Waals surface area contributed by atoms with E-state index in [1.54, 1.807) is 19.1 Å². The smallest absolute Gasteiger partial charge is 0.225 e. The van der Waals surface area contributed by atoms with E-state index in [0.29, 0.717) is 13.0 Å². The molecule has 1 N–H and O–H groups in total. The standard InChI is InChI=1S/C17H23NO3/c1-17(2,21-4)12-16(20)18(3)13-15-9-7-14(8-10-15)6-5-11-19/h7-10,19H,11-13H2,1-4H3. The summed E-state index contributed by atoms with van der Waals surface area (Å²) in [4.78, 5) is 13.8. The first-order valence-corrected chi connectivity index (χ1v) is 6.86. The third-order valence-electron chi connectivity index (χ3n) is 3.24. The van der Waals surface area contributed by atoms with Crippen molar-refractivity contribution < 1.29 is 14.6 Å². The number of rotatable bonds is 5. The third-order valence-corrected chi connectivity index (χ3v) is 3.24. The molecule has 1 aromatic carbocycles. The quantitative estimate of drug-likeness (QED) is 0.841. The Hall–Kier alpha value is -1.83. The van der Waals surface area contributed by atoms with E-state index in [1.165, 1.54) is 0 Å². The summed E-state index contributed by atoms with van der Waals surface area (Å²) in [5, 5.41) is 8.65. The summed E-state index contributed by atoms with van der Waals surface area (Å²) in [6, 6.07) is 7.64. The average Bonchev–Trinajstić information content (AvgIpc) is 2.46. The molecule has 114 valence electrons. The molecule has 21 heavy (non-hydrogen) atoms. The van der Waals surface area contributed by atoms with Crippen LogP contribution in [0.5, 0.6) is 0 Å². The molecule has 1 rings (SSSR count). The van der Waals surface area contributed by atoms with Gasteiger partial charge in [-0.3, -0.25) is 4.79 Å². The van der Waals surface area contributed by atoms with Gasteiger partial charge in [0.15, 0.2) is 0 Å². The van der Waals surface area contributed by atoms with Crippen LogP contribution in [0.3, 0.4) is 0 Å². The molecule has 0 radical (unpaired) electrons. The number of methoxy groups -OCH3 is 1. The van der Waals surface area contributed by atoms with E-state index >= 15 is 0 Å². The van der Waals surface area contributed by atoms with Crippen molar-refractivity contribution in [3.63, 3.8) is 0 Å². The number of aliphatic hydroxyl groups excluding tert-OH is 1. The third kappa shape index (κ3) is 5.99. The molecule has 1 aromatic rings. The molecule has 0 saturated carbocycles. The fourth-order valence-electron chi connectivity index (χ4n) is 1.77. The van der Waals surface area contributed by atoms with Crippen LogP contribution < -0.4 is 0 Å². The largest absolute Gasteiger partial charge is 0.384 e. The van der Waals surface area contributed by atoms with Crippen molar-refractivity contribution in [2.24, 2.45) is 0 Å². The lowest BCUT2D eigenvalue weighted by Gasteiger charge is -2.25. The van der Waals surface area contributed by atoms with Crippen LogP contribution in [0.2, 0.25) is 0 Å². The SMILES string of the molecule is COC(C)(C)CC(=O)N(C)Cc1ccc(C#CCO)cc1. The van der Waals surface area contributed by atoms with Crippen LogP contribution in [0.15, 0.2) is 24.3 Å². The highest BCUT2D eigenvalue weighted by atomic mass is 16.5. The van der Waals surface area contributed by atoms with Crippen molar-refractivity contribution in [3.05, 3.63) is 35.4 Å². The number of hydrogen-bond acceptors (Lipinski definition) is 3. The van der Waals surface area contributed by atoms with Crippen LogP contribution >= 0.6 is 0 Å². The van der Waals surface area contributed by atoms with Gasteiger partial charge >= 0.3 is 0 Å². The van der Waals surface area contributed by atoms with Crippen molar-refractivity contribution in [2.75, 3.05) is 20.8 Å². The van der Waals surface area contributed by atoms with Crippen LogP contribution in [0.25, 0.3) is 0 Å². The van der Waals surface area contributed by atoms with Gasteiger partial charge in [-0.25, -0.2) is 0 Å². The van der Waals surface area contributed by atoms with Gasteiger partial charge in [0, 0.05) is 26.3 Å². The van der Waals surface area contributed by atoms with E-state index < -0.39 is 5.60 Å². The van der Waals surface area contributed by atoms with Gasteiger partial charge in [-0.15, -0.1) is 0 Å². The minimum Gasteiger partial charge on any atom is -0.384 e. The first-order chi connectivity index (χ1) is 9.88. The lowest BCUT2D eigenvalue weighted by Crippen LogP contribution is -2.34. The fourth-order valence-corrected chi connectivity index (χ4v) is 1.77. The molecule has 0 saturated heterocycles. The summed E-state index contributed by atoms with van der Waals surface area (Å²) in [6.07, 6.45) is 0.347. The minimum absolute atomic E-state index is 0.0472. The van der Waals surface area contributed by atoms with E-state index in [0.717, 1.165) is 11.1 Å². The lowest BCUT2D eigenvalue weighted by atomic mass is 10.0. The number of hydrogen-bond donors (Lipinski definition) is 1. The molecule has 0 bridgehead atoms. The Morgan fingerprint density at radius 3 is 2.48 bits per heavy atom. The molecular formula is C17H23NO3. The number of ether oxygens (including phenoxy) is 1. The zero-order chi connectivity index (χ0) is 15.9. The maximum absolute atomic E-state index is 12.1. The summed E-state index contributed by atoms with van der Waals surface area (Å²) < 4.78 is 5.28. The van der Waals surface area contributed by atoms with Gasteiger partial charge in [0.25, 0.3) is 0 Å². The van der Waals surface area contributed by atoms with Crippen molar-refractivity contribution in [1.29, 1.82) is 0 Å². The van der Waals surface area contributed by atoms with E-state index in [9.17, 15) is 4.79 Å². The maximum Gasteiger partial charge on any atom is 0.225 e. The number of nitrogens with zero attached hydrogens (tertiary/aromatic N) is 1. The van der Waals surface area contributed by atoms with E-state index in [1.807, 2.05) is 38.1 Å². The molecule has 0 unspecified atom stereocenters. The molecule has 0 spiro atoms. The molecule has 0 aliphatic carbocycles. The van der Waals surface area contributed by atoms with Crippen LogP contribution in [-0.2, 0) is 16.1 Å². The molecular weight excluding hydrogens is 266 g/mol. The normalized spacial score (nSPS) is 10.7. The van der Waals surface area contributed by atoms with Crippen molar-refractivity contribution in [3.8, 4) is 11.8 Å². The lowest BCUT2D eigenvalue weighted by molar-refractivity contribution is -0.135. The van der Waals surface area contributed by atoms with E-state index in [4.69, 9.17) is 9.84 Å². The predicted molar refractivity (Wildman–Crippen MR) is 82.6 cm³/mol. The Morgan fingerprint density at radius 2 is 1.95 bits per heavy atom. The van der Waals surface area contributed by atoms with E-state index in [-0.39, 0.29) is 12.5 Å². The van der Waals surface area contributed by atoms with Gasteiger partial charge in [-0.2, -0.15) is 0 Å². The summed E-state index contributed by atoms with van der Waals surface area (Å²) in [6.45, 7) is 4.20. The van der Waals surface area contributed by atoms with Crippen LogP contribution in [-0.4, -0.2) is 42.3 Å². The highest BCUT2D eigenvalue weighted by Gasteiger charge is 2.23. The number of carbonyl (C=O) groups is 1. The van der Waals surface area contributed by atoms with Crippen LogP contribution in [0, 0.1) is 11.8 Å². The number of amides is 1. The highest BCUT2D eigenvalue weighted by molar-refractivity contribution is 5.76. The van der Waals surface area contributed by atoms with Gasteiger partial charge in [-0.05, 0) is 31.5 Å². The number of aliphatic hydroxyl groups is 1. The van der Waals surface area contributed by atoms with Gasteiger partial charge < -0.3 is 14.7 Å². The molecule has 0 atom stereocenters. The maximum atomic E-state index is 12.1. The second-order valence-electron chi connectivity index (χ2n) is 5.55. The molecule has 0 aliphatic heterocycles. The monoisotopic (exact) mass is 289 g/mol. The predicted octanol–water partition coefficient (Wildman–Crippen LogP) is 1.80. The minimum atomic E-state index is -0.449. The van der Waals surface area contributed by atoms with Crippen molar-refractivity contribution >= 4 is 5.91 Å². The van der Waals surface area contributed by atoms with Crippen LogP contribution in [0.1, 0.15) is 31.4 Å². The van der Waals surface area contributed by atoms with Gasteiger partial charge in [-0.1, -0.05) is 24.0 Å². The Kier molecular flexibility index (Phi) is 6.41. The zero-order valence-corrected chi connectivity index (χ0v) is 13.1. The van der Waals surface area contributed by atoms with Gasteiger partial charge in [0.05, 0.1) is 12.0 Å².